The van der Waals surface area contributed by atoms with Crippen LogP contribution in [0.25, 0.3) is 0 Å². The molecule has 6 heavy (non-hydrogen) atoms. The molecule has 0 aromatic rings. The highest BCUT2D eigenvalue weighted by atomic mass is 14.5. The quantitative estimate of drug-likeness (QED) is 0.384. The Morgan fingerprint density at radius 1 is 1.50 bits per heavy atom. The first-order valence-corrected chi connectivity index (χ1v) is 2.02. The maximum Gasteiger partial charge on any atom is 0.0712 e. The minimum atomic E-state index is 0.244. The Morgan fingerprint density at radius 2 is 2.17 bits per heavy atom. The van der Waals surface area contributed by atoms with Gasteiger partial charge in [0.2, 0.25) is 0 Å². The van der Waals surface area contributed by atoms with E-state index < -0.39 is 0 Å². The van der Waals surface area contributed by atoms with Crippen molar-refractivity contribution >= 4 is 0 Å². The first-order chi connectivity index (χ1) is 2.91. The third kappa shape index (κ3) is 3.52. The Morgan fingerprint density at radius 3 is 2.33 bits per heavy atom. The van der Waals surface area contributed by atoms with Crippen molar-refractivity contribution in [3.63, 3.8) is 0 Å². The highest BCUT2D eigenvalue weighted by molar-refractivity contribution is 4.98. The molecular formula is C5H8N. The van der Waals surface area contributed by atoms with Crippen LogP contribution in [0.1, 0.15) is 13.3 Å². The van der Waals surface area contributed by atoms with Crippen molar-refractivity contribution in [2.45, 2.75) is 13.3 Å². The van der Waals surface area contributed by atoms with Gasteiger partial charge in [-0.15, -0.1) is 5.92 Å². The summed E-state index contributed by atoms with van der Waals surface area (Å²) in [5.74, 6) is 5.38. The molecule has 0 aliphatic heterocycles. The Labute approximate surface area is 38.5 Å². The largest absolute Gasteiger partial charge is 0.245 e. The molecule has 1 heteroatoms. The van der Waals surface area contributed by atoms with E-state index in [9.17, 15) is 0 Å². The van der Waals surface area contributed by atoms with E-state index in [0.717, 1.165) is 6.42 Å². The van der Waals surface area contributed by atoms with Crippen molar-refractivity contribution in [1.29, 1.82) is 0 Å². The lowest BCUT2D eigenvalue weighted by Crippen LogP contribution is -1.73. The molecule has 1 N–H and O–H groups in total. The molecule has 0 atom stereocenters. The summed E-state index contributed by atoms with van der Waals surface area (Å²) >= 11 is 0. The van der Waals surface area contributed by atoms with Crippen molar-refractivity contribution < 1.29 is 0 Å². The average molecular weight is 82.1 g/mol. The second-order valence-corrected chi connectivity index (χ2v) is 0.884. The normalized spacial score (nSPS) is 6.33. The summed E-state index contributed by atoms with van der Waals surface area (Å²) in [6, 6.07) is 0. The third-order valence-corrected chi connectivity index (χ3v) is 0.390. The SMILES string of the molecule is CCC#CC[NH]. The molecule has 0 aliphatic carbocycles. The molecule has 0 spiro atoms. The summed E-state index contributed by atoms with van der Waals surface area (Å²) in [7, 11) is 0. The van der Waals surface area contributed by atoms with E-state index in [1.165, 1.54) is 0 Å². The predicted molar refractivity (Wildman–Crippen MR) is 26.0 cm³/mol. The van der Waals surface area contributed by atoms with Gasteiger partial charge >= 0.3 is 0 Å². The first kappa shape index (κ1) is 5.52. The topological polar surface area (TPSA) is 23.8 Å². The summed E-state index contributed by atoms with van der Waals surface area (Å²) in [5.41, 5.74) is 6.53. The monoisotopic (exact) mass is 82.1 g/mol. The van der Waals surface area contributed by atoms with Gasteiger partial charge in [-0.3, -0.25) is 0 Å². The minimum absolute atomic E-state index is 0.244. The molecule has 1 radical (unpaired) electrons. The molecule has 0 saturated heterocycles. The molecule has 33 valence electrons. The lowest BCUT2D eigenvalue weighted by atomic mass is 10.5. The maximum atomic E-state index is 6.53. The van der Waals surface area contributed by atoms with E-state index in [4.69, 9.17) is 5.73 Å². The van der Waals surface area contributed by atoms with Crippen LogP contribution in [-0.2, 0) is 0 Å². The Balaban J connectivity index is 2.90. The number of hydrogen-bond acceptors (Lipinski definition) is 0. The molecule has 0 aliphatic rings. The average Bonchev–Trinajstić information content (AvgIpc) is 1.61. The summed E-state index contributed by atoms with van der Waals surface area (Å²) in [6.45, 7) is 2.22. The molecule has 0 unspecified atom stereocenters. The van der Waals surface area contributed by atoms with Crippen LogP contribution in [0, 0.1) is 11.8 Å². The molecule has 0 heterocycles. The number of nitrogens with one attached hydrogen (secondary N) is 1. The second-order valence-electron chi connectivity index (χ2n) is 0.884. The van der Waals surface area contributed by atoms with Gasteiger partial charge in [0.05, 0.1) is 6.54 Å². The van der Waals surface area contributed by atoms with E-state index >= 15 is 0 Å². The van der Waals surface area contributed by atoms with Crippen LogP contribution in [0.4, 0.5) is 0 Å². The number of hydrogen-bond donors (Lipinski definition) is 0. The standard InChI is InChI=1S/C5H8N/c1-2-3-4-5-6/h6H,2,5H2,1H3. The Kier molecular flexibility index (Phi) is 4.16. The summed E-state index contributed by atoms with van der Waals surface area (Å²) < 4.78 is 0. The van der Waals surface area contributed by atoms with Crippen molar-refractivity contribution in [3.05, 3.63) is 0 Å². The van der Waals surface area contributed by atoms with Crippen LogP contribution in [0.5, 0.6) is 0 Å². The van der Waals surface area contributed by atoms with E-state index in [-0.39, 0.29) is 6.54 Å². The minimum Gasteiger partial charge on any atom is -0.245 e. The van der Waals surface area contributed by atoms with Crippen LogP contribution in [0.2, 0.25) is 0 Å². The molecule has 0 bridgehead atoms. The van der Waals surface area contributed by atoms with Gasteiger partial charge in [0.25, 0.3) is 0 Å². The lowest BCUT2D eigenvalue weighted by molar-refractivity contribution is 1.21. The molecule has 0 amide bonds. The second kappa shape index (κ2) is 4.52. The van der Waals surface area contributed by atoms with Gasteiger partial charge in [-0.1, -0.05) is 12.8 Å². The van der Waals surface area contributed by atoms with Crippen LogP contribution in [-0.4, -0.2) is 6.54 Å². The molecule has 1 nitrogen and oxygen atoms in total. The lowest BCUT2D eigenvalue weighted by Gasteiger charge is -1.65. The molecule has 0 fully saturated rings. The summed E-state index contributed by atoms with van der Waals surface area (Å²) in [4.78, 5) is 0. The van der Waals surface area contributed by atoms with Crippen molar-refractivity contribution in [3.8, 4) is 11.8 Å². The van der Waals surface area contributed by atoms with Crippen LogP contribution < -0.4 is 5.73 Å². The Hall–Kier alpha value is -0.480. The highest BCUT2D eigenvalue weighted by Crippen LogP contribution is 1.63. The van der Waals surface area contributed by atoms with Crippen molar-refractivity contribution in [1.82, 2.24) is 5.73 Å². The molecule has 0 rings (SSSR count). The van der Waals surface area contributed by atoms with Gasteiger partial charge in [0.15, 0.2) is 0 Å². The zero-order valence-electron chi connectivity index (χ0n) is 3.91. The van der Waals surface area contributed by atoms with E-state index in [1.54, 1.807) is 0 Å². The van der Waals surface area contributed by atoms with E-state index in [2.05, 4.69) is 11.8 Å². The highest BCUT2D eigenvalue weighted by Gasteiger charge is 1.56. The summed E-state index contributed by atoms with van der Waals surface area (Å²) in [5, 5.41) is 0. The van der Waals surface area contributed by atoms with Gasteiger partial charge in [-0.2, -0.15) is 0 Å². The fraction of sp³-hybridized carbons (Fsp3) is 0.600. The molecule has 0 aromatic carbocycles. The van der Waals surface area contributed by atoms with Gasteiger partial charge in [0.1, 0.15) is 0 Å². The molecule has 0 saturated carbocycles. The van der Waals surface area contributed by atoms with Crippen LogP contribution in [0.15, 0.2) is 0 Å². The van der Waals surface area contributed by atoms with Crippen molar-refractivity contribution in [2.24, 2.45) is 0 Å². The maximum absolute atomic E-state index is 6.53. The van der Waals surface area contributed by atoms with Gasteiger partial charge < -0.3 is 0 Å². The van der Waals surface area contributed by atoms with Crippen molar-refractivity contribution in [2.75, 3.05) is 6.54 Å². The van der Waals surface area contributed by atoms with Gasteiger partial charge in [0, 0.05) is 6.42 Å². The van der Waals surface area contributed by atoms with E-state index in [1.807, 2.05) is 6.92 Å². The van der Waals surface area contributed by atoms with E-state index in [0.29, 0.717) is 0 Å². The molecular weight excluding hydrogens is 74.1 g/mol. The fourth-order valence-corrected chi connectivity index (χ4v) is 0.187. The predicted octanol–water partition coefficient (Wildman–Crippen LogP) is 0.683. The van der Waals surface area contributed by atoms with Crippen LogP contribution >= 0.6 is 0 Å². The first-order valence-electron chi connectivity index (χ1n) is 2.02. The summed E-state index contributed by atoms with van der Waals surface area (Å²) in [6.07, 6.45) is 0.874. The van der Waals surface area contributed by atoms with Crippen LogP contribution in [0.3, 0.4) is 0 Å². The third-order valence-electron chi connectivity index (χ3n) is 0.390. The molecule has 0 aromatic heterocycles. The smallest absolute Gasteiger partial charge is 0.0712 e. The van der Waals surface area contributed by atoms with Gasteiger partial charge in [-0.25, -0.2) is 5.73 Å². The zero-order valence-corrected chi connectivity index (χ0v) is 3.91. The fourth-order valence-electron chi connectivity index (χ4n) is 0.187. The van der Waals surface area contributed by atoms with Gasteiger partial charge in [-0.05, 0) is 0 Å². The Bertz CT molecular complexity index is 57.7. The zero-order chi connectivity index (χ0) is 4.83. The number of rotatable bonds is 0.